The molecule has 3 fully saturated rings. The number of nitrogens with two attached hydrogens (primary N) is 1. The van der Waals surface area contributed by atoms with E-state index in [0.29, 0.717) is 38.2 Å². The minimum Gasteiger partial charge on any atom is -0.472 e. The van der Waals surface area contributed by atoms with Gasteiger partial charge in [0.1, 0.15) is 35.1 Å². The second-order valence-electron chi connectivity index (χ2n) is 12.5. The molecule has 0 aliphatic carbocycles. The van der Waals surface area contributed by atoms with Gasteiger partial charge < -0.3 is 30.2 Å². The zero-order valence-electron chi connectivity index (χ0n) is 25.8. The molecule has 0 bridgehead atoms. The van der Waals surface area contributed by atoms with Gasteiger partial charge >= 0.3 is 12.2 Å². The van der Waals surface area contributed by atoms with Crippen molar-refractivity contribution in [3.8, 4) is 23.1 Å². The highest BCUT2D eigenvalue weighted by Crippen LogP contribution is 2.47. The van der Waals surface area contributed by atoms with Crippen LogP contribution in [0.25, 0.3) is 22.2 Å². The second kappa shape index (κ2) is 11.6. The highest BCUT2D eigenvalue weighted by molar-refractivity contribution is 5.97. The van der Waals surface area contributed by atoms with Crippen LogP contribution in [0.3, 0.4) is 0 Å². The predicted octanol–water partition coefficient (Wildman–Crippen LogP) is 4.46. The van der Waals surface area contributed by atoms with Crippen LogP contribution in [0.5, 0.6) is 11.9 Å². The van der Waals surface area contributed by atoms with E-state index in [-0.39, 0.29) is 53.1 Å². The van der Waals surface area contributed by atoms with Crippen LogP contribution >= 0.6 is 0 Å². The van der Waals surface area contributed by atoms with Crippen molar-refractivity contribution in [2.24, 2.45) is 0 Å². The first-order valence-corrected chi connectivity index (χ1v) is 15.7. The predicted molar refractivity (Wildman–Crippen MR) is 160 cm³/mol. The lowest BCUT2D eigenvalue weighted by Crippen LogP contribution is -2.60. The van der Waals surface area contributed by atoms with Crippen molar-refractivity contribution in [2.45, 2.75) is 76.5 Å². The molecule has 5 atom stereocenters. The fraction of sp³-hybridized carbons (Fsp3) is 0.581. The van der Waals surface area contributed by atoms with Crippen molar-refractivity contribution in [1.82, 2.24) is 25.2 Å². The molecule has 0 amide bonds. The van der Waals surface area contributed by atoms with E-state index in [2.05, 4.69) is 20.2 Å². The number of hydrogen-bond acceptors (Lipinski definition) is 10. The van der Waals surface area contributed by atoms with E-state index in [9.17, 15) is 13.2 Å². The molecule has 0 spiro atoms. The van der Waals surface area contributed by atoms with E-state index in [1.807, 2.05) is 11.8 Å². The minimum absolute atomic E-state index is 0.0687. The maximum absolute atomic E-state index is 16.7. The number of benzene rings is 1. The van der Waals surface area contributed by atoms with Crippen LogP contribution in [0.2, 0.25) is 0 Å². The van der Waals surface area contributed by atoms with Crippen molar-refractivity contribution in [2.75, 3.05) is 50.1 Å². The number of ether oxygens (including phenoxy) is 3. The summed E-state index contributed by atoms with van der Waals surface area (Å²) in [5.74, 6) is -2.58. The number of morpholine rings is 1. The SMILES string of the molecule is CC[C@@H]1CN2c3nc(OC[C@@H]4CC[C@H]5COCCN54)nc4c(F)c(-c5c(F)c(N)cc(C)c5C(F)(F)F)nc(c34)O[C@@H](C)[C@@H]2CN1. The molecule has 4 aliphatic rings. The van der Waals surface area contributed by atoms with E-state index >= 15 is 8.78 Å². The summed E-state index contributed by atoms with van der Waals surface area (Å²) in [6.45, 7) is 8.24. The fourth-order valence-corrected chi connectivity index (χ4v) is 7.36. The van der Waals surface area contributed by atoms with Gasteiger partial charge in [0, 0.05) is 37.8 Å². The maximum Gasteiger partial charge on any atom is 0.417 e. The number of pyridine rings is 1. The average molecular weight is 650 g/mol. The van der Waals surface area contributed by atoms with Gasteiger partial charge in [-0.2, -0.15) is 23.1 Å². The number of aromatic nitrogens is 3. The molecule has 10 nitrogen and oxygen atoms in total. The average Bonchev–Trinajstić information content (AvgIpc) is 3.40. The normalized spacial score (nSPS) is 26.4. The molecule has 0 unspecified atom stereocenters. The van der Waals surface area contributed by atoms with Crippen molar-refractivity contribution < 1.29 is 36.2 Å². The first kappa shape index (κ1) is 31.1. The van der Waals surface area contributed by atoms with Gasteiger partial charge in [0.2, 0.25) is 5.88 Å². The van der Waals surface area contributed by atoms with E-state index in [1.165, 1.54) is 0 Å². The highest BCUT2D eigenvalue weighted by atomic mass is 19.4. The molecule has 0 radical (unpaired) electrons. The lowest BCUT2D eigenvalue weighted by Gasteiger charge is -2.42. The Morgan fingerprint density at radius 3 is 2.72 bits per heavy atom. The molecular formula is C31H36F5N7O3. The molecule has 15 heteroatoms. The van der Waals surface area contributed by atoms with E-state index in [4.69, 9.17) is 24.9 Å². The summed E-state index contributed by atoms with van der Waals surface area (Å²) >= 11 is 0. The van der Waals surface area contributed by atoms with Crippen LogP contribution in [-0.4, -0.2) is 89.6 Å². The summed E-state index contributed by atoms with van der Waals surface area (Å²) in [6, 6.07) is 0.907. The summed E-state index contributed by atoms with van der Waals surface area (Å²) in [7, 11) is 0. The van der Waals surface area contributed by atoms with Crippen LogP contribution in [0, 0.1) is 18.6 Å². The Kier molecular flexibility index (Phi) is 7.83. The molecule has 0 saturated carbocycles. The molecule has 7 rings (SSSR count). The zero-order chi connectivity index (χ0) is 32.5. The third kappa shape index (κ3) is 5.16. The number of fused-ring (bicyclic) bond motifs is 3. The Balaban J connectivity index is 1.41. The molecule has 2 aromatic heterocycles. The number of alkyl halides is 3. The van der Waals surface area contributed by atoms with Crippen molar-refractivity contribution in [3.63, 3.8) is 0 Å². The fourth-order valence-electron chi connectivity index (χ4n) is 7.36. The number of anilines is 2. The lowest BCUT2D eigenvalue weighted by molar-refractivity contribution is -0.137. The van der Waals surface area contributed by atoms with Gasteiger partial charge in [-0.25, -0.2) is 13.8 Å². The van der Waals surface area contributed by atoms with E-state index in [0.717, 1.165) is 38.8 Å². The van der Waals surface area contributed by atoms with Crippen LogP contribution in [-0.2, 0) is 10.9 Å². The number of aryl methyl sites for hydroxylation is 1. The molecule has 3 saturated heterocycles. The third-order valence-electron chi connectivity index (χ3n) is 9.74. The third-order valence-corrected chi connectivity index (χ3v) is 9.74. The zero-order valence-corrected chi connectivity index (χ0v) is 25.8. The number of nitrogens with one attached hydrogen (secondary N) is 1. The van der Waals surface area contributed by atoms with Crippen molar-refractivity contribution >= 4 is 22.4 Å². The van der Waals surface area contributed by atoms with Gasteiger partial charge in [0.15, 0.2) is 11.6 Å². The Labute approximate surface area is 262 Å². The number of nitrogen functional groups attached to an aromatic ring is 1. The minimum atomic E-state index is -5.04. The second-order valence-corrected chi connectivity index (χ2v) is 12.5. The van der Waals surface area contributed by atoms with Crippen LogP contribution in [0.4, 0.5) is 33.5 Å². The van der Waals surface area contributed by atoms with Gasteiger partial charge in [0.05, 0.1) is 36.1 Å². The Bertz CT molecular complexity index is 1670. The molecule has 4 aliphatic heterocycles. The van der Waals surface area contributed by atoms with Crippen molar-refractivity contribution in [1.29, 1.82) is 0 Å². The number of rotatable bonds is 5. The number of nitrogens with zero attached hydrogens (tertiary/aromatic N) is 5. The lowest BCUT2D eigenvalue weighted by atomic mass is 9.96. The van der Waals surface area contributed by atoms with Gasteiger partial charge in [0.25, 0.3) is 0 Å². The summed E-state index contributed by atoms with van der Waals surface area (Å²) in [5, 5.41) is 3.57. The molecule has 46 heavy (non-hydrogen) atoms. The van der Waals surface area contributed by atoms with Crippen molar-refractivity contribution in [3.05, 3.63) is 28.8 Å². The smallest absolute Gasteiger partial charge is 0.417 e. The molecule has 1 aromatic carbocycles. The van der Waals surface area contributed by atoms with E-state index in [1.54, 1.807) is 6.92 Å². The Morgan fingerprint density at radius 1 is 1.15 bits per heavy atom. The molecule has 248 valence electrons. The summed E-state index contributed by atoms with van der Waals surface area (Å²) < 4.78 is 93.4. The van der Waals surface area contributed by atoms with Gasteiger partial charge in [-0.05, 0) is 44.7 Å². The molecule has 3 N–H and O–H groups in total. The van der Waals surface area contributed by atoms with Gasteiger partial charge in [-0.1, -0.05) is 6.92 Å². The summed E-state index contributed by atoms with van der Waals surface area (Å²) in [5.41, 5.74) is 1.08. The monoisotopic (exact) mass is 649 g/mol. The highest BCUT2D eigenvalue weighted by Gasteiger charge is 2.43. The Morgan fingerprint density at radius 2 is 1.96 bits per heavy atom. The maximum atomic E-state index is 16.7. The van der Waals surface area contributed by atoms with Gasteiger partial charge in [-0.3, -0.25) is 4.90 Å². The quantitative estimate of drug-likeness (QED) is 0.304. The summed E-state index contributed by atoms with van der Waals surface area (Å²) in [6.07, 6.45) is -2.95. The number of halogens is 5. The van der Waals surface area contributed by atoms with Gasteiger partial charge in [-0.15, -0.1) is 0 Å². The standard InChI is InChI=1S/C31H36F5N7O3/c1-4-16-11-43-20(10-38-16)15(3)46-29-22-27(25(33)26(39-29)21-23(31(34,35)36)14(2)9-19(37)24(21)32)40-30(41-28(22)43)45-13-18-6-5-17-12-44-8-7-42(17)18/h9,15-18,20,38H,4-8,10-13,37H2,1-3H3/t15-,16+,17-,18-,20-/m0/s1. The largest absolute Gasteiger partial charge is 0.472 e. The summed E-state index contributed by atoms with van der Waals surface area (Å²) in [4.78, 5) is 17.7. The number of hydrogen-bond donors (Lipinski definition) is 2. The molecule has 6 heterocycles. The molecular weight excluding hydrogens is 613 g/mol. The van der Waals surface area contributed by atoms with Crippen LogP contribution in [0.15, 0.2) is 6.07 Å². The number of piperazine rings is 1. The first-order valence-electron chi connectivity index (χ1n) is 15.7. The van der Waals surface area contributed by atoms with Crippen LogP contribution < -0.4 is 25.4 Å². The topological polar surface area (TPSA) is 111 Å². The first-order chi connectivity index (χ1) is 22.0. The van der Waals surface area contributed by atoms with Crippen LogP contribution in [0.1, 0.15) is 44.2 Å². The Hall–Kier alpha value is -3.56. The molecule has 3 aromatic rings. The van der Waals surface area contributed by atoms with E-state index < -0.39 is 46.4 Å².